The van der Waals surface area contributed by atoms with Crippen LogP contribution in [-0.2, 0) is 22.5 Å². The van der Waals surface area contributed by atoms with Crippen molar-refractivity contribution in [2.45, 2.75) is 52.0 Å². The summed E-state index contributed by atoms with van der Waals surface area (Å²) in [5.41, 5.74) is 8.44. The van der Waals surface area contributed by atoms with Gasteiger partial charge in [0, 0.05) is 23.7 Å². The predicted octanol–water partition coefficient (Wildman–Crippen LogP) is 7.52. The van der Waals surface area contributed by atoms with E-state index in [9.17, 15) is 9.18 Å². The Kier molecular flexibility index (Phi) is 6.80. The van der Waals surface area contributed by atoms with Crippen LogP contribution in [0.25, 0.3) is 16.7 Å². The largest absolute Gasteiger partial charge is 0.497 e. The SMILES string of the molecule is C/C=C(\C)c1ccc(CNc2ccc3c(c2)CC2(CC2)C3CC(=O)OC)cc1-c1cc(OC)ccc1F. The normalized spacial score (nSPS) is 17.4. The molecule has 0 radical (unpaired) electrons. The molecule has 0 aromatic heterocycles. The fourth-order valence-electron chi connectivity index (χ4n) is 5.77. The molecule has 5 heteroatoms. The van der Waals surface area contributed by atoms with Gasteiger partial charge in [0.05, 0.1) is 20.6 Å². The molecular weight excluding hydrogens is 465 g/mol. The number of carbonyl (C=O) groups excluding carboxylic acids is 1. The Morgan fingerprint density at radius 2 is 1.89 bits per heavy atom. The number of anilines is 1. The molecule has 4 nitrogen and oxygen atoms in total. The summed E-state index contributed by atoms with van der Waals surface area (Å²) in [5.74, 6) is 0.476. The highest BCUT2D eigenvalue weighted by Gasteiger charge is 2.54. The second-order valence-corrected chi connectivity index (χ2v) is 10.3. The van der Waals surface area contributed by atoms with Crippen LogP contribution in [0.2, 0.25) is 0 Å². The lowest BCUT2D eigenvalue weighted by Crippen LogP contribution is -2.14. The molecule has 192 valence electrons. The van der Waals surface area contributed by atoms with Crippen LogP contribution >= 0.6 is 0 Å². The molecule has 0 heterocycles. The van der Waals surface area contributed by atoms with E-state index < -0.39 is 0 Å². The first kappa shape index (κ1) is 25.1. The molecule has 1 atom stereocenters. The predicted molar refractivity (Wildman–Crippen MR) is 146 cm³/mol. The highest BCUT2D eigenvalue weighted by atomic mass is 19.1. The van der Waals surface area contributed by atoms with Crippen molar-refractivity contribution < 1.29 is 18.7 Å². The number of halogens is 1. The maximum atomic E-state index is 14.9. The molecule has 3 aromatic carbocycles. The van der Waals surface area contributed by atoms with E-state index in [2.05, 4.69) is 41.7 Å². The summed E-state index contributed by atoms with van der Waals surface area (Å²) in [6.45, 7) is 4.65. The second-order valence-electron chi connectivity index (χ2n) is 10.3. The van der Waals surface area contributed by atoms with E-state index in [0.717, 1.165) is 34.4 Å². The zero-order valence-corrected chi connectivity index (χ0v) is 22.0. The number of fused-ring (bicyclic) bond motifs is 1. The quantitative estimate of drug-likeness (QED) is 0.326. The number of carbonyl (C=O) groups is 1. The molecule has 3 aromatic rings. The summed E-state index contributed by atoms with van der Waals surface area (Å²) >= 11 is 0. The molecule has 2 aliphatic carbocycles. The minimum Gasteiger partial charge on any atom is -0.497 e. The Hall–Kier alpha value is -3.60. The number of esters is 1. The summed E-state index contributed by atoms with van der Waals surface area (Å²) in [7, 11) is 3.06. The maximum Gasteiger partial charge on any atom is 0.306 e. The van der Waals surface area contributed by atoms with Crippen molar-refractivity contribution >= 4 is 17.2 Å². The van der Waals surface area contributed by atoms with Gasteiger partial charge in [-0.1, -0.05) is 24.3 Å². The fourth-order valence-corrected chi connectivity index (χ4v) is 5.77. The van der Waals surface area contributed by atoms with Gasteiger partial charge < -0.3 is 14.8 Å². The van der Waals surface area contributed by atoms with E-state index in [1.54, 1.807) is 19.2 Å². The van der Waals surface area contributed by atoms with Crippen molar-refractivity contribution in [3.8, 4) is 16.9 Å². The van der Waals surface area contributed by atoms with E-state index in [-0.39, 0.29) is 23.1 Å². The van der Waals surface area contributed by atoms with Crippen LogP contribution in [0.15, 0.2) is 60.7 Å². The summed E-state index contributed by atoms with van der Waals surface area (Å²) in [5, 5.41) is 3.56. The first-order valence-electron chi connectivity index (χ1n) is 12.9. The molecule has 1 fully saturated rings. The summed E-state index contributed by atoms with van der Waals surface area (Å²) in [4.78, 5) is 12.0. The number of nitrogens with one attached hydrogen (secondary N) is 1. The van der Waals surface area contributed by atoms with Gasteiger partial charge in [-0.25, -0.2) is 4.39 Å². The highest BCUT2D eigenvalue weighted by Crippen LogP contribution is 2.64. The van der Waals surface area contributed by atoms with E-state index in [1.807, 2.05) is 19.9 Å². The van der Waals surface area contributed by atoms with E-state index in [4.69, 9.17) is 9.47 Å². The molecule has 5 rings (SSSR count). The summed E-state index contributed by atoms with van der Waals surface area (Å²) < 4.78 is 25.3. The first-order valence-corrected chi connectivity index (χ1v) is 12.9. The minimum atomic E-state index is -0.273. The van der Waals surface area contributed by atoms with Crippen molar-refractivity contribution in [3.05, 3.63) is 88.7 Å². The molecule has 1 unspecified atom stereocenters. The Labute approximate surface area is 218 Å². The molecule has 1 saturated carbocycles. The standard InChI is InChI=1S/C32H34FNO3/c1-5-20(2)25-9-6-21(14-27(25)28-16-24(36-3)8-11-30(28)33)19-34-23-7-10-26-22(15-23)18-32(12-13-32)29(26)17-31(35)37-4/h5-11,14-16,29,34H,12-13,17-19H2,1-4H3/b20-5+. The molecule has 0 amide bonds. The molecule has 1 spiro atoms. The summed E-state index contributed by atoms with van der Waals surface area (Å²) in [6, 6.07) is 17.6. The van der Waals surface area contributed by atoms with Crippen molar-refractivity contribution in [2.75, 3.05) is 19.5 Å². The van der Waals surface area contributed by atoms with Crippen LogP contribution in [0.3, 0.4) is 0 Å². The minimum absolute atomic E-state index is 0.133. The topological polar surface area (TPSA) is 47.6 Å². The van der Waals surface area contributed by atoms with Crippen LogP contribution in [0.1, 0.15) is 61.3 Å². The average Bonchev–Trinajstić information content (AvgIpc) is 3.63. The molecule has 37 heavy (non-hydrogen) atoms. The lowest BCUT2D eigenvalue weighted by Gasteiger charge is -2.18. The zero-order chi connectivity index (χ0) is 26.2. The Balaban J connectivity index is 1.39. The number of ether oxygens (including phenoxy) is 2. The van der Waals surface area contributed by atoms with E-state index >= 15 is 0 Å². The van der Waals surface area contributed by atoms with Crippen molar-refractivity contribution in [3.63, 3.8) is 0 Å². The van der Waals surface area contributed by atoms with Gasteiger partial charge in [0.15, 0.2) is 0 Å². The van der Waals surface area contributed by atoms with E-state index in [0.29, 0.717) is 24.3 Å². The molecule has 0 saturated heterocycles. The van der Waals surface area contributed by atoms with Crippen LogP contribution < -0.4 is 10.1 Å². The van der Waals surface area contributed by atoms with Gasteiger partial charge >= 0.3 is 5.97 Å². The first-order chi connectivity index (χ1) is 17.9. The van der Waals surface area contributed by atoms with Gasteiger partial charge in [0.25, 0.3) is 0 Å². The Bertz CT molecular complexity index is 1370. The highest BCUT2D eigenvalue weighted by molar-refractivity contribution is 5.82. The Morgan fingerprint density at radius 1 is 1.08 bits per heavy atom. The lowest BCUT2D eigenvalue weighted by atomic mass is 9.87. The number of hydrogen-bond acceptors (Lipinski definition) is 4. The average molecular weight is 500 g/mol. The molecule has 0 bridgehead atoms. The van der Waals surface area contributed by atoms with Gasteiger partial charge in [-0.05, 0) is 108 Å². The third kappa shape index (κ3) is 4.87. The van der Waals surface area contributed by atoms with Crippen LogP contribution in [0, 0.1) is 11.2 Å². The molecule has 2 aliphatic rings. The third-order valence-electron chi connectivity index (χ3n) is 8.19. The smallest absolute Gasteiger partial charge is 0.306 e. The van der Waals surface area contributed by atoms with Crippen molar-refractivity contribution in [1.29, 1.82) is 0 Å². The van der Waals surface area contributed by atoms with Crippen molar-refractivity contribution in [2.24, 2.45) is 5.41 Å². The van der Waals surface area contributed by atoms with Gasteiger partial charge in [-0.2, -0.15) is 0 Å². The number of rotatable bonds is 8. The van der Waals surface area contributed by atoms with Gasteiger partial charge in [0.1, 0.15) is 11.6 Å². The monoisotopic (exact) mass is 499 g/mol. The van der Waals surface area contributed by atoms with Gasteiger partial charge in [0.2, 0.25) is 0 Å². The lowest BCUT2D eigenvalue weighted by molar-refractivity contribution is -0.141. The summed E-state index contributed by atoms with van der Waals surface area (Å²) in [6.07, 6.45) is 5.87. The van der Waals surface area contributed by atoms with Gasteiger partial charge in [-0.3, -0.25) is 4.79 Å². The molecule has 1 N–H and O–H groups in total. The van der Waals surface area contributed by atoms with Crippen LogP contribution in [0.4, 0.5) is 10.1 Å². The van der Waals surface area contributed by atoms with E-state index in [1.165, 1.54) is 37.1 Å². The fraction of sp³-hybridized carbons (Fsp3) is 0.344. The zero-order valence-electron chi connectivity index (χ0n) is 22.0. The maximum absolute atomic E-state index is 14.9. The molecular formula is C32H34FNO3. The number of benzene rings is 3. The number of hydrogen-bond donors (Lipinski definition) is 1. The number of methoxy groups -OCH3 is 2. The second kappa shape index (κ2) is 10.0. The Morgan fingerprint density at radius 3 is 2.59 bits per heavy atom. The van der Waals surface area contributed by atoms with Crippen LogP contribution in [0.5, 0.6) is 5.75 Å². The number of allylic oxidation sites excluding steroid dienone is 2. The molecule has 0 aliphatic heterocycles. The van der Waals surface area contributed by atoms with Crippen LogP contribution in [-0.4, -0.2) is 20.2 Å². The van der Waals surface area contributed by atoms with Gasteiger partial charge in [-0.15, -0.1) is 0 Å². The third-order valence-corrected chi connectivity index (χ3v) is 8.19. The van der Waals surface area contributed by atoms with Crippen molar-refractivity contribution in [1.82, 2.24) is 0 Å².